The molecule has 0 amide bonds. The Kier molecular flexibility index (Phi) is 5.87. The summed E-state index contributed by atoms with van der Waals surface area (Å²) in [5.41, 5.74) is 9.57. The lowest BCUT2D eigenvalue weighted by Crippen LogP contribution is -2.07. The Balaban J connectivity index is 1.80. The summed E-state index contributed by atoms with van der Waals surface area (Å²) in [6, 6.07) is 12.1. The molecule has 0 aliphatic heterocycles. The molecule has 158 valence electrons. The molecule has 0 bridgehead atoms. The van der Waals surface area contributed by atoms with E-state index in [0.29, 0.717) is 29.1 Å². The SMILES string of the molecule is N#Cc1ccc2nc(NCCCCCCN)c3ncc(-c4ccc(O)c(O)c4)n3c2c1. The second kappa shape index (κ2) is 8.90. The smallest absolute Gasteiger partial charge is 0.181 e. The van der Waals surface area contributed by atoms with Gasteiger partial charge in [0.2, 0.25) is 0 Å². The van der Waals surface area contributed by atoms with Gasteiger partial charge in [0.25, 0.3) is 0 Å². The number of phenols is 2. The van der Waals surface area contributed by atoms with E-state index in [9.17, 15) is 15.5 Å². The molecule has 2 aromatic carbocycles. The molecule has 31 heavy (non-hydrogen) atoms. The number of nitriles is 1. The van der Waals surface area contributed by atoms with Crippen molar-refractivity contribution in [3.8, 4) is 28.8 Å². The van der Waals surface area contributed by atoms with Crippen molar-refractivity contribution in [3.63, 3.8) is 0 Å². The van der Waals surface area contributed by atoms with Crippen LogP contribution in [0.5, 0.6) is 11.5 Å². The average molecular weight is 416 g/mol. The number of nitrogens with one attached hydrogen (secondary N) is 1. The van der Waals surface area contributed by atoms with Crippen LogP contribution in [0.4, 0.5) is 5.82 Å². The summed E-state index contributed by atoms with van der Waals surface area (Å²) in [5, 5.41) is 32.4. The molecule has 0 fully saturated rings. The number of aromatic nitrogens is 3. The molecule has 0 unspecified atom stereocenters. The molecule has 0 aliphatic rings. The maximum absolute atomic E-state index is 9.97. The predicted octanol–water partition coefficient (Wildman–Crippen LogP) is 3.76. The molecule has 0 atom stereocenters. The van der Waals surface area contributed by atoms with Gasteiger partial charge in [0.1, 0.15) is 0 Å². The van der Waals surface area contributed by atoms with E-state index in [1.807, 2.05) is 10.5 Å². The maximum Gasteiger partial charge on any atom is 0.181 e. The molecular formula is C23H24N6O2. The van der Waals surface area contributed by atoms with Gasteiger partial charge in [0, 0.05) is 12.1 Å². The number of hydrogen-bond acceptors (Lipinski definition) is 7. The molecule has 8 nitrogen and oxygen atoms in total. The summed E-state index contributed by atoms with van der Waals surface area (Å²) in [7, 11) is 0. The number of fused-ring (bicyclic) bond motifs is 3. The second-order valence-corrected chi connectivity index (χ2v) is 7.41. The van der Waals surface area contributed by atoms with Crippen LogP contribution in [-0.2, 0) is 0 Å². The Morgan fingerprint density at radius 3 is 2.65 bits per heavy atom. The topological polar surface area (TPSA) is 132 Å². The molecule has 0 saturated carbocycles. The molecule has 8 heteroatoms. The van der Waals surface area contributed by atoms with Gasteiger partial charge in [-0.05, 0) is 55.8 Å². The molecule has 0 radical (unpaired) electrons. The third-order valence-corrected chi connectivity index (χ3v) is 5.25. The van der Waals surface area contributed by atoms with Crippen LogP contribution in [0.1, 0.15) is 31.2 Å². The van der Waals surface area contributed by atoms with Gasteiger partial charge in [0.15, 0.2) is 23.0 Å². The van der Waals surface area contributed by atoms with Gasteiger partial charge < -0.3 is 21.3 Å². The fraction of sp³-hybridized carbons (Fsp3) is 0.261. The molecular weight excluding hydrogens is 392 g/mol. The summed E-state index contributed by atoms with van der Waals surface area (Å²) in [5.74, 6) is 0.262. The lowest BCUT2D eigenvalue weighted by Gasteiger charge is -2.12. The van der Waals surface area contributed by atoms with E-state index < -0.39 is 0 Å². The van der Waals surface area contributed by atoms with Crippen LogP contribution < -0.4 is 11.1 Å². The first-order valence-corrected chi connectivity index (χ1v) is 10.3. The quantitative estimate of drug-likeness (QED) is 0.254. The monoisotopic (exact) mass is 416 g/mol. The molecule has 4 aromatic rings. The number of rotatable bonds is 8. The van der Waals surface area contributed by atoms with Crippen LogP contribution in [0.15, 0.2) is 42.6 Å². The van der Waals surface area contributed by atoms with E-state index in [-0.39, 0.29) is 11.5 Å². The van der Waals surface area contributed by atoms with Gasteiger partial charge in [-0.15, -0.1) is 0 Å². The predicted molar refractivity (Wildman–Crippen MR) is 120 cm³/mol. The third-order valence-electron chi connectivity index (χ3n) is 5.25. The number of benzene rings is 2. The second-order valence-electron chi connectivity index (χ2n) is 7.41. The van der Waals surface area contributed by atoms with Crippen molar-refractivity contribution in [1.82, 2.24) is 14.4 Å². The van der Waals surface area contributed by atoms with Crippen molar-refractivity contribution in [2.75, 3.05) is 18.4 Å². The molecule has 0 spiro atoms. The number of nitrogens with two attached hydrogens (primary N) is 1. The highest BCUT2D eigenvalue weighted by atomic mass is 16.3. The first-order chi connectivity index (χ1) is 15.1. The van der Waals surface area contributed by atoms with Gasteiger partial charge in [-0.3, -0.25) is 4.40 Å². The lowest BCUT2D eigenvalue weighted by atomic mass is 10.1. The maximum atomic E-state index is 9.97. The summed E-state index contributed by atoms with van der Waals surface area (Å²) in [4.78, 5) is 9.31. The molecule has 4 rings (SSSR count). The Morgan fingerprint density at radius 2 is 1.87 bits per heavy atom. The number of anilines is 1. The van der Waals surface area contributed by atoms with Crippen molar-refractivity contribution < 1.29 is 10.2 Å². The van der Waals surface area contributed by atoms with Gasteiger partial charge >= 0.3 is 0 Å². The van der Waals surface area contributed by atoms with Gasteiger partial charge in [0.05, 0.1) is 34.6 Å². The van der Waals surface area contributed by atoms with E-state index in [2.05, 4.69) is 16.4 Å². The first kappa shape index (κ1) is 20.4. The number of aromatic hydroxyl groups is 2. The van der Waals surface area contributed by atoms with E-state index in [1.165, 1.54) is 12.1 Å². The number of hydrogen-bond donors (Lipinski definition) is 4. The van der Waals surface area contributed by atoms with Crippen LogP contribution in [0.3, 0.4) is 0 Å². The van der Waals surface area contributed by atoms with Crippen LogP contribution in [0, 0.1) is 11.3 Å². The minimum atomic E-state index is -0.209. The number of phenolic OH excluding ortho intramolecular Hbond substituents is 2. The molecule has 2 heterocycles. The van der Waals surface area contributed by atoms with Gasteiger partial charge in [-0.1, -0.05) is 12.8 Å². The molecule has 5 N–H and O–H groups in total. The van der Waals surface area contributed by atoms with E-state index in [1.54, 1.807) is 24.4 Å². The number of unbranched alkanes of at least 4 members (excludes halogenated alkanes) is 3. The van der Waals surface area contributed by atoms with Crippen LogP contribution in [0.2, 0.25) is 0 Å². The van der Waals surface area contributed by atoms with Crippen LogP contribution >= 0.6 is 0 Å². The van der Waals surface area contributed by atoms with Crippen molar-refractivity contribution in [3.05, 3.63) is 48.2 Å². The van der Waals surface area contributed by atoms with Gasteiger partial charge in [-0.25, -0.2) is 9.97 Å². The first-order valence-electron chi connectivity index (χ1n) is 10.3. The summed E-state index contributed by atoms with van der Waals surface area (Å²) in [6.07, 6.45) is 5.93. The van der Waals surface area contributed by atoms with Crippen molar-refractivity contribution in [2.45, 2.75) is 25.7 Å². The highest BCUT2D eigenvalue weighted by Gasteiger charge is 2.16. The van der Waals surface area contributed by atoms with Crippen LogP contribution in [-0.4, -0.2) is 37.7 Å². The van der Waals surface area contributed by atoms with Crippen molar-refractivity contribution in [2.24, 2.45) is 5.73 Å². The summed E-state index contributed by atoms with van der Waals surface area (Å²) in [6.45, 7) is 1.48. The third kappa shape index (κ3) is 4.09. The Hall–Kier alpha value is -3.83. The Bertz CT molecular complexity index is 1270. The standard InChI is InChI=1S/C23H24N6O2/c24-9-3-1-2-4-10-26-22-23-27-14-19(16-6-8-20(30)21(31)12-16)29(23)18-11-15(13-25)5-7-17(18)28-22/h5-8,11-12,14,30-31H,1-4,9-10,24H2,(H,26,28). The Morgan fingerprint density at radius 1 is 1.03 bits per heavy atom. The average Bonchev–Trinajstić information content (AvgIpc) is 3.23. The fourth-order valence-corrected chi connectivity index (χ4v) is 3.63. The highest BCUT2D eigenvalue weighted by molar-refractivity contribution is 5.87. The summed E-state index contributed by atoms with van der Waals surface area (Å²) >= 11 is 0. The minimum Gasteiger partial charge on any atom is -0.504 e. The molecule has 0 aliphatic carbocycles. The zero-order chi connectivity index (χ0) is 21.8. The summed E-state index contributed by atoms with van der Waals surface area (Å²) < 4.78 is 1.92. The number of imidazole rings is 1. The largest absolute Gasteiger partial charge is 0.504 e. The fourth-order valence-electron chi connectivity index (χ4n) is 3.63. The van der Waals surface area contributed by atoms with E-state index in [4.69, 9.17) is 10.7 Å². The highest BCUT2D eigenvalue weighted by Crippen LogP contribution is 2.33. The zero-order valence-corrected chi connectivity index (χ0v) is 17.0. The zero-order valence-electron chi connectivity index (χ0n) is 17.0. The Labute approximate surface area is 179 Å². The van der Waals surface area contributed by atoms with E-state index >= 15 is 0 Å². The normalized spacial score (nSPS) is 11.1. The lowest BCUT2D eigenvalue weighted by molar-refractivity contribution is 0.404. The van der Waals surface area contributed by atoms with Crippen molar-refractivity contribution >= 4 is 22.5 Å². The van der Waals surface area contributed by atoms with Gasteiger partial charge in [-0.2, -0.15) is 5.26 Å². The van der Waals surface area contributed by atoms with E-state index in [0.717, 1.165) is 49.0 Å². The minimum absolute atomic E-state index is 0.187. The van der Waals surface area contributed by atoms with Crippen LogP contribution in [0.25, 0.3) is 27.9 Å². The van der Waals surface area contributed by atoms with Crippen molar-refractivity contribution in [1.29, 1.82) is 5.26 Å². The molecule has 2 aromatic heterocycles. The number of nitrogens with zero attached hydrogens (tertiary/aromatic N) is 4. The molecule has 0 saturated heterocycles.